The predicted molar refractivity (Wildman–Crippen MR) is 181 cm³/mol. The van der Waals surface area contributed by atoms with Crippen LogP contribution in [-0.4, -0.2) is 37.7 Å². The second kappa shape index (κ2) is 14.8. The number of rotatable bonds is 11. The quantitative estimate of drug-likeness (QED) is 0.158. The molecule has 6 rings (SSSR count). The Kier molecular flexibility index (Phi) is 9.93. The van der Waals surface area contributed by atoms with Crippen LogP contribution in [0.5, 0.6) is 0 Å². The fourth-order valence-electron chi connectivity index (χ4n) is 5.12. The van der Waals surface area contributed by atoms with E-state index in [-0.39, 0.29) is 24.5 Å². The molecule has 6 aromatic rings. The lowest BCUT2D eigenvalue weighted by Crippen LogP contribution is -2.44. The standard InChI is InChI=1S/C36H30FN5O5S/c37-26-17-15-25(16-18-26)33-38-20-29(41-36(46)47-22-24-11-5-2-6-12-24)35(45)42(33)21-31(43)39-28(19-23-9-3-1-4-10-23)32(44)34-40-27-13-7-8-14-30(27)48-34/h1-18,20,28,32,44H,19,21-22H2,(H,39,43)(H,41,46). The second-order valence-electron chi connectivity index (χ2n) is 10.9. The highest BCUT2D eigenvalue weighted by Crippen LogP contribution is 2.29. The summed E-state index contributed by atoms with van der Waals surface area (Å²) in [5.41, 5.74) is 1.77. The molecule has 0 aliphatic heterocycles. The Morgan fingerprint density at radius 3 is 2.27 bits per heavy atom. The number of halogens is 1. The molecule has 0 bridgehead atoms. The lowest BCUT2D eigenvalue weighted by atomic mass is 10.0. The van der Waals surface area contributed by atoms with E-state index >= 15 is 0 Å². The zero-order chi connectivity index (χ0) is 33.5. The van der Waals surface area contributed by atoms with Gasteiger partial charge in [0.1, 0.15) is 41.6 Å². The lowest BCUT2D eigenvalue weighted by molar-refractivity contribution is -0.123. The van der Waals surface area contributed by atoms with E-state index in [0.29, 0.717) is 10.6 Å². The Morgan fingerprint density at radius 2 is 1.56 bits per heavy atom. The maximum absolute atomic E-state index is 13.8. The Labute approximate surface area is 278 Å². The summed E-state index contributed by atoms with van der Waals surface area (Å²) in [7, 11) is 0. The Bertz CT molecular complexity index is 2060. The van der Waals surface area contributed by atoms with Crippen LogP contribution < -0.4 is 16.2 Å². The Balaban J connectivity index is 1.27. The van der Waals surface area contributed by atoms with Crippen LogP contribution >= 0.6 is 11.3 Å². The highest BCUT2D eigenvalue weighted by atomic mass is 32.1. The summed E-state index contributed by atoms with van der Waals surface area (Å²) in [6.07, 6.45) is -0.611. The van der Waals surface area contributed by atoms with E-state index in [9.17, 15) is 23.9 Å². The van der Waals surface area contributed by atoms with Gasteiger partial charge in [0.05, 0.1) is 22.5 Å². The van der Waals surface area contributed by atoms with Crippen molar-refractivity contribution in [2.24, 2.45) is 0 Å². The van der Waals surface area contributed by atoms with Crippen molar-refractivity contribution in [3.63, 3.8) is 0 Å². The highest BCUT2D eigenvalue weighted by molar-refractivity contribution is 7.18. The van der Waals surface area contributed by atoms with Gasteiger partial charge >= 0.3 is 6.09 Å². The van der Waals surface area contributed by atoms with Gasteiger partial charge < -0.3 is 15.2 Å². The van der Waals surface area contributed by atoms with Gasteiger partial charge in [0.2, 0.25) is 5.91 Å². The van der Waals surface area contributed by atoms with Gasteiger partial charge in [-0.3, -0.25) is 19.5 Å². The molecular weight excluding hydrogens is 633 g/mol. The molecule has 0 radical (unpaired) electrons. The number of hydrogen-bond acceptors (Lipinski definition) is 8. The van der Waals surface area contributed by atoms with E-state index in [1.807, 2.05) is 60.7 Å². The predicted octanol–water partition coefficient (Wildman–Crippen LogP) is 5.87. The third-order valence-corrected chi connectivity index (χ3v) is 8.60. The van der Waals surface area contributed by atoms with Crippen LogP contribution in [0, 0.1) is 5.82 Å². The summed E-state index contributed by atoms with van der Waals surface area (Å²) >= 11 is 1.33. The summed E-state index contributed by atoms with van der Waals surface area (Å²) in [6, 6.07) is 30.4. The number of carbonyl (C=O) groups is 2. The molecule has 0 saturated heterocycles. The molecule has 12 heteroatoms. The van der Waals surface area contributed by atoms with E-state index in [0.717, 1.165) is 32.1 Å². The van der Waals surface area contributed by atoms with Gasteiger partial charge in [-0.25, -0.2) is 19.2 Å². The molecule has 2 atom stereocenters. The number of amides is 2. The number of thiazole rings is 1. The van der Waals surface area contributed by atoms with E-state index in [1.165, 1.54) is 35.6 Å². The molecule has 242 valence electrons. The van der Waals surface area contributed by atoms with Crippen LogP contribution in [0.3, 0.4) is 0 Å². The number of aliphatic hydroxyl groups excluding tert-OH is 1. The van der Waals surface area contributed by atoms with Crippen LogP contribution in [0.25, 0.3) is 21.6 Å². The first-order chi connectivity index (χ1) is 23.3. The lowest BCUT2D eigenvalue weighted by Gasteiger charge is -2.24. The number of aromatic nitrogens is 3. The summed E-state index contributed by atoms with van der Waals surface area (Å²) in [5, 5.41) is 17.2. The minimum absolute atomic E-state index is 0.0237. The molecule has 0 spiro atoms. The monoisotopic (exact) mass is 663 g/mol. The van der Waals surface area contributed by atoms with Gasteiger partial charge in [-0.1, -0.05) is 72.8 Å². The normalized spacial score (nSPS) is 12.3. The van der Waals surface area contributed by atoms with Crippen LogP contribution in [0.4, 0.5) is 14.9 Å². The van der Waals surface area contributed by atoms with Crippen LogP contribution in [0.2, 0.25) is 0 Å². The van der Waals surface area contributed by atoms with Gasteiger partial charge in [0, 0.05) is 5.56 Å². The SMILES string of the molecule is O=C(Cn1c(-c2ccc(F)cc2)ncc(NC(=O)OCc2ccccc2)c1=O)NC(Cc1ccccc1)C(O)c1nc2ccccc2s1. The molecule has 2 heterocycles. The number of hydrogen-bond donors (Lipinski definition) is 3. The van der Waals surface area contributed by atoms with E-state index < -0.39 is 42.1 Å². The molecule has 2 unspecified atom stereocenters. The number of nitrogens with one attached hydrogen (secondary N) is 2. The van der Waals surface area contributed by atoms with Crippen molar-refractivity contribution < 1.29 is 23.8 Å². The van der Waals surface area contributed by atoms with E-state index in [4.69, 9.17) is 4.74 Å². The van der Waals surface area contributed by atoms with Crippen molar-refractivity contribution >= 4 is 39.2 Å². The molecule has 0 aliphatic carbocycles. The van der Waals surface area contributed by atoms with Crippen molar-refractivity contribution in [1.82, 2.24) is 19.9 Å². The first kappa shape index (κ1) is 32.2. The second-order valence-corrected chi connectivity index (χ2v) is 12.0. The van der Waals surface area contributed by atoms with E-state index in [1.54, 1.807) is 24.3 Å². The number of carbonyl (C=O) groups excluding carboxylic acids is 2. The summed E-state index contributed by atoms with van der Waals surface area (Å²) in [4.78, 5) is 49.0. The van der Waals surface area contributed by atoms with Crippen molar-refractivity contribution in [2.45, 2.75) is 31.7 Å². The number of anilines is 1. The number of nitrogens with zero attached hydrogens (tertiary/aromatic N) is 3. The summed E-state index contributed by atoms with van der Waals surface area (Å²) < 4.78 is 21.0. The van der Waals surface area contributed by atoms with Crippen molar-refractivity contribution in [1.29, 1.82) is 0 Å². The zero-order valence-corrected chi connectivity index (χ0v) is 26.3. The molecule has 2 amide bonds. The Hall–Kier alpha value is -5.72. The van der Waals surface area contributed by atoms with Gasteiger partial charge in [-0.05, 0) is 53.9 Å². The van der Waals surface area contributed by atoms with Gasteiger partial charge in [-0.15, -0.1) is 11.3 Å². The Morgan fingerprint density at radius 1 is 0.896 bits per heavy atom. The number of para-hydroxylation sites is 1. The number of benzene rings is 4. The third kappa shape index (κ3) is 7.80. The fraction of sp³-hybridized carbons (Fsp3) is 0.139. The molecule has 0 fully saturated rings. The van der Waals surface area contributed by atoms with Gasteiger partial charge in [-0.2, -0.15) is 0 Å². The van der Waals surface area contributed by atoms with Crippen molar-refractivity contribution in [3.8, 4) is 11.4 Å². The molecule has 4 aromatic carbocycles. The molecule has 10 nitrogen and oxygen atoms in total. The number of fused-ring (bicyclic) bond motifs is 1. The maximum atomic E-state index is 13.8. The minimum atomic E-state index is -1.16. The number of ether oxygens (including phenoxy) is 1. The summed E-state index contributed by atoms with van der Waals surface area (Å²) in [5.74, 6) is -1.02. The van der Waals surface area contributed by atoms with Crippen molar-refractivity contribution in [3.05, 3.63) is 148 Å². The average Bonchev–Trinajstić information content (AvgIpc) is 3.54. The molecule has 0 saturated carbocycles. The van der Waals surface area contributed by atoms with Gasteiger partial charge in [0.15, 0.2) is 0 Å². The largest absolute Gasteiger partial charge is 0.444 e. The van der Waals surface area contributed by atoms with Crippen LogP contribution in [-0.2, 0) is 29.1 Å². The topological polar surface area (TPSA) is 135 Å². The summed E-state index contributed by atoms with van der Waals surface area (Å²) in [6.45, 7) is -0.546. The first-order valence-corrected chi connectivity index (χ1v) is 15.9. The minimum Gasteiger partial charge on any atom is -0.444 e. The van der Waals surface area contributed by atoms with Crippen LogP contribution in [0.15, 0.2) is 120 Å². The fourth-order valence-corrected chi connectivity index (χ4v) is 6.14. The van der Waals surface area contributed by atoms with Crippen LogP contribution in [0.1, 0.15) is 22.2 Å². The maximum Gasteiger partial charge on any atom is 0.412 e. The van der Waals surface area contributed by atoms with Crippen molar-refractivity contribution in [2.75, 3.05) is 5.32 Å². The highest BCUT2D eigenvalue weighted by Gasteiger charge is 2.27. The smallest absolute Gasteiger partial charge is 0.412 e. The zero-order valence-electron chi connectivity index (χ0n) is 25.5. The third-order valence-electron chi connectivity index (χ3n) is 7.49. The van der Waals surface area contributed by atoms with Gasteiger partial charge in [0.25, 0.3) is 5.56 Å². The number of aliphatic hydroxyl groups is 1. The molecule has 0 aliphatic rings. The average molecular weight is 664 g/mol. The molecule has 48 heavy (non-hydrogen) atoms. The first-order valence-electron chi connectivity index (χ1n) is 15.0. The molecular formula is C36H30FN5O5S. The molecule has 2 aromatic heterocycles. The molecule has 3 N–H and O–H groups in total. The van der Waals surface area contributed by atoms with E-state index in [2.05, 4.69) is 20.6 Å².